The molecule has 0 spiro atoms. The van der Waals surface area contributed by atoms with Crippen molar-refractivity contribution in [3.05, 3.63) is 62.1 Å². The van der Waals surface area contributed by atoms with Crippen molar-refractivity contribution in [2.75, 3.05) is 14.2 Å². The van der Waals surface area contributed by atoms with E-state index < -0.39 is 0 Å². The number of nitrogens with one attached hydrogen (secondary N) is 1. The van der Waals surface area contributed by atoms with Crippen LogP contribution in [0.4, 0.5) is 0 Å². The van der Waals surface area contributed by atoms with Crippen LogP contribution in [0.1, 0.15) is 28.3 Å². The van der Waals surface area contributed by atoms with E-state index in [-0.39, 0.29) is 6.04 Å². The molecule has 21 heavy (non-hydrogen) atoms. The molecule has 2 rings (SSSR count). The van der Waals surface area contributed by atoms with Gasteiger partial charge in [-0.15, -0.1) is 0 Å². The molecule has 2 nitrogen and oxygen atoms in total. The summed E-state index contributed by atoms with van der Waals surface area (Å²) in [5, 5.41) is 4.10. The summed E-state index contributed by atoms with van der Waals surface area (Å²) < 4.78 is 6.63. The van der Waals surface area contributed by atoms with Crippen molar-refractivity contribution < 1.29 is 4.74 Å². The molecule has 2 aromatic rings. The van der Waals surface area contributed by atoms with Crippen LogP contribution in [0.2, 0.25) is 5.02 Å². The van der Waals surface area contributed by atoms with Crippen LogP contribution in [0, 0.1) is 13.8 Å². The summed E-state index contributed by atoms with van der Waals surface area (Å²) in [6.07, 6.45) is 0. The predicted octanol–water partition coefficient (Wildman–Crippen LogP) is 5.04. The summed E-state index contributed by atoms with van der Waals surface area (Å²) in [5.41, 5.74) is 4.58. The maximum atomic E-state index is 6.17. The summed E-state index contributed by atoms with van der Waals surface area (Å²) >= 11 is 9.77. The van der Waals surface area contributed by atoms with Crippen LogP contribution in [0.5, 0.6) is 5.75 Å². The average Bonchev–Trinajstić information content (AvgIpc) is 2.46. The highest BCUT2D eigenvalue weighted by Gasteiger charge is 2.20. The van der Waals surface area contributed by atoms with Gasteiger partial charge < -0.3 is 10.1 Å². The quantitative estimate of drug-likeness (QED) is 0.816. The summed E-state index contributed by atoms with van der Waals surface area (Å²) in [6, 6.07) is 10.1. The van der Waals surface area contributed by atoms with E-state index in [1.807, 2.05) is 31.3 Å². The maximum absolute atomic E-state index is 6.17. The molecule has 0 fully saturated rings. The molecule has 2 aromatic carbocycles. The highest BCUT2D eigenvalue weighted by Crippen LogP contribution is 2.36. The van der Waals surface area contributed by atoms with Gasteiger partial charge in [-0.25, -0.2) is 0 Å². The number of benzene rings is 2. The molecule has 0 heterocycles. The van der Waals surface area contributed by atoms with Crippen LogP contribution in [0.15, 0.2) is 34.8 Å². The molecule has 0 saturated heterocycles. The molecule has 0 aliphatic rings. The monoisotopic (exact) mass is 367 g/mol. The molecule has 0 saturated carbocycles. The molecule has 1 unspecified atom stereocenters. The first-order valence-electron chi connectivity index (χ1n) is 6.75. The van der Waals surface area contributed by atoms with Gasteiger partial charge >= 0.3 is 0 Å². The lowest BCUT2D eigenvalue weighted by Crippen LogP contribution is -2.19. The predicted molar refractivity (Wildman–Crippen MR) is 92.5 cm³/mol. The summed E-state index contributed by atoms with van der Waals surface area (Å²) in [7, 11) is 3.64. The standard InChI is InChI=1S/C17H19BrClNO/c1-10-5-6-12(19)8-13(10)17(20-3)14-9-15(18)11(2)7-16(14)21-4/h5-9,17,20H,1-4H3. The molecule has 0 aliphatic carbocycles. The Kier molecular flexibility index (Phi) is 5.31. The van der Waals surface area contributed by atoms with E-state index in [1.54, 1.807) is 7.11 Å². The molecule has 0 bridgehead atoms. The minimum Gasteiger partial charge on any atom is -0.496 e. The second-order valence-corrected chi connectivity index (χ2v) is 6.36. The number of aryl methyl sites for hydroxylation is 2. The zero-order valence-corrected chi connectivity index (χ0v) is 15.0. The largest absolute Gasteiger partial charge is 0.496 e. The fraction of sp³-hybridized carbons (Fsp3) is 0.294. The first-order valence-corrected chi connectivity index (χ1v) is 7.92. The van der Waals surface area contributed by atoms with Gasteiger partial charge in [0.25, 0.3) is 0 Å². The van der Waals surface area contributed by atoms with Gasteiger partial charge in [-0.3, -0.25) is 0 Å². The molecule has 4 heteroatoms. The molecule has 1 atom stereocenters. The van der Waals surface area contributed by atoms with Crippen LogP contribution in [-0.2, 0) is 0 Å². The second kappa shape index (κ2) is 6.82. The number of hydrogen-bond acceptors (Lipinski definition) is 2. The van der Waals surface area contributed by atoms with Crippen molar-refractivity contribution in [3.63, 3.8) is 0 Å². The number of ether oxygens (including phenoxy) is 1. The van der Waals surface area contributed by atoms with E-state index >= 15 is 0 Å². The van der Waals surface area contributed by atoms with E-state index in [9.17, 15) is 0 Å². The maximum Gasteiger partial charge on any atom is 0.124 e. The SMILES string of the molecule is CNC(c1cc(Cl)ccc1C)c1cc(Br)c(C)cc1OC. The lowest BCUT2D eigenvalue weighted by molar-refractivity contribution is 0.405. The van der Waals surface area contributed by atoms with Crippen molar-refractivity contribution in [1.82, 2.24) is 5.32 Å². The van der Waals surface area contributed by atoms with Gasteiger partial charge in [0.1, 0.15) is 5.75 Å². The first kappa shape index (κ1) is 16.3. The van der Waals surface area contributed by atoms with Gasteiger partial charge in [-0.1, -0.05) is 33.6 Å². The topological polar surface area (TPSA) is 21.3 Å². The van der Waals surface area contributed by atoms with E-state index in [4.69, 9.17) is 16.3 Å². The molecule has 1 N–H and O–H groups in total. The van der Waals surface area contributed by atoms with Gasteiger partial charge in [0, 0.05) is 15.1 Å². The van der Waals surface area contributed by atoms with Crippen LogP contribution in [-0.4, -0.2) is 14.2 Å². The third-order valence-electron chi connectivity index (χ3n) is 3.66. The lowest BCUT2D eigenvalue weighted by atomic mass is 9.94. The highest BCUT2D eigenvalue weighted by atomic mass is 79.9. The number of rotatable bonds is 4. The van der Waals surface area contributed by atoms with Crippen LogP contribution in [0.25, 0.3) is 0 Å². The summed E-state index contributed by atoms with van der Waals surface area (Å²) in [4.78, 5) is 0. The zero-order valence-electron chi connectivity index (χ0n) is 12.6. The number of methoxy groups -OCH3 is 1. The summed E-state index contributed by atoms with van der Waals surface area (Å²) in [6.45, 7) is 4.14. The minimum absolute atomic E-state index is 0.0237. The van der Waals surface area contributed by atoms with E-state index in [2.05, 4.69) is 41.2 Å². The number of halogens is 2. The van der Waals surface area contributed by atoms with E-state index in [0.29, 0.717) is 0 Å². The van der Waals surface area contributed by atoms with Gasteiger partial charge in [0.2, 0.25) is 0 Å². The molecule has 0 aromatic heterocycles. The smallest absolute Gasteiger partial charge is 0.124 e. The Bertz CT molecular complexity index is 657. The molecule has 112 valence electrons. The third-order valence-corrected chi connectivity index (χ3v) is 4.75. The van der Waals surface area contributed by atoms with Gasteiger partial charge in [0.15, 0.2) is 0 Å². The van der Waals surface area contributed by atoms with Crippen molar-refractivity contribution >= 4 is 27.5 Å². The van der Waals surface area contributed by atoms with Crippen molar-refractivity contribution in [2.45, 2.75) is 19.9 Å². The highest BCUT2D eigenvalue weighted by molar-refractivity contribution is 9.10. The molecular formula is C17H19BrClNO. The van der Waals surface area contributed by atoms with Gasteiger partial charge in [-0.2, -0.15) is 0 Å². The fourth-order valence-electron chi connectivity index (χ4n) is 2.47. The zero-order chi connectivity index (χ0) is 15.6. The first-order chi connectivity index (χ1) is 9.97. The Hall–Kier alpha value is -1.03. The Morgan fingerprint density at radius 1 is 1.10 bits per heavy atom. The average molecular weight is 369 g/mol. The van der Waals surface area contributed by atoms with Crippen LogP contribution >= 0.6 is 27.5 Å². The Labute approximate surface area is 139 Å². The summed E-state index contributed by atoms with van der Waals surface area (Å²) in [5.74, 6) is 0.870. The third kappa shape index (κ3) is 3.42. The van der Waals surface area contributed by atoms with Gasteiger partial charge in [-0.05, 0) is 61.9 Å². The molecule has 0 radical (unpaired) electrons. The minimum atomic E-state index is 0.0237. The van der Waals surface area contributed by atoms with E-state index in [1.165, 1.54) is 5.56 Å². The Morgan fingerprint density at radius 3 is 2.43 bits per heavy atom. The fourth-order valence-corrected chi connectivity index (χ4v) is 3.02. The molecule has 0 aliphatic heterocycles. The van der Waals surface area contributed by atoms with Crippen LogP contribution < -0.4 is 10.1 Å². The normalized spacial score (nSPS) is 12.3. The number of hydrogen-bond donors (Lipinski definition) is 1. The molecular weight excluding hydrogens is 350 g/mol. The van der Waals surface area contributed by atoms with E-state index in [0.717, 1.165) is 31.9 Å². The van der Waals surface area contributed by atoms with Gasteiger partial charge in [0.05, 0.1) is 13.2 Å². The Balaban J connectivity index is 2.61. The van der Waals surface area contributed by atoms with Crippen molar-refractivity contribution in [1.29, 1.82) is 0 Å². The second-order valence-electron chi connectivity index (χ2n) is 5.07. The Morgan fingerprint density at radius 2 is 1.81 bits per heavy atom. The van der Waals surface area contributed by atoms with Crippen LogP contribution in [0.3, 0.4) is 0 Å². The molecule has 0 amide bonds. The lowest BCUT2D eigenvalue weighted by Gasteiger charge is -2.23. The van der Waals surface area contributed by atoms with Crippen molar-refractivity contribution in [3.8, 4) is 5.75 Å². The van der Waals surface area contributed by atoms with Crippen molar-refractivity contribution in [2.24, 2.45) is 0 Å².